The van der Waals surface area contributed by atoms with Crippen LogP contribution < -0.4 is 5.84 Å². The minimum absolute atomic E-state index is 0.397. The van der Waals surface area contributed by atoms with Crippen LogP contribution in [-0.4, -0.2) is 23.2 Å². The van der Waals surface area contributed by atoms with Crippen molar-refractivity contribution in [1.82, 2.24) is 5.01 Å². The van der Waals surface area contributed by atoms with Crippen molar-refractivity contribution in [2.75, 3.05) is 6.61 Å². The average Bonchev–Trinajstić information content (AvgIpc) is 2.20. The number of rotatable bonds is 4. The molecule has 0 aromatic carbocycles. The van der Waals surface area contributed by atoms with Gasteiger partial charge >= 0.3 is 6.09 Å². The van der Waals surface area contributed by atoms with Crippen LogP contribution in [-0.2, 0) is 4.74 Å². The molecule has 0 saturated heterocycles. The van der Waals surface area contributed by atoms with Gasteiger partial charge in [-0.15, -0.1) is 11.8 Å². The lowest BCUT2D eigenvalue weighted by Crippen LogP contribution is -2.50. The quantitative estimate of drug-likeness (QED) is 0.263. The first kappa shape index (κ1) is 14.8. The standard InChI is InChI=1S/C12H22N2O2/c1-5-6-7-8-9-10-16-11(15)14(13)12(2,3)4/h7-10,13H2,1-4H3. The molecule has 0 heterocycles. The topological polar surface area (TPSA) is 55.6 Å². The molecule has 0 unspecified atom stereocenters. The van der Waals surface area contributed by atoms with E-state index in [0.29, 0.717) is 6.61 Å². The molecule has 0 aromatic heterocycles. The highest BCUT2D eigenvalue weighted by Crippen LogP contribution is 2.09. The second-order valence-corrected chi connectivity index (χ2v) is 4.54. The van der Waals surface area contributed by atoms with E-state index >= 15 is 0 Å². The molecule has 0 fully saturated rings. The molecule has 0 aromatic rings. The van der Waals surface area contributed by atoms with E-state index in [0.717, 1.165) is 24.3 Å². The predicted molar refractivity (Wildman–Crippen MR) is 64.4 cm³/mol. The fourth-order valence-electron chi connectivity index (χ4n) is 0.943. The van der Waals surface area contributed by atoms with E-state index in [-0.39, 0.29) is 0 Å². The SMILES string of the molecule is CC#CCCCCOC(=O)N(N)C(C)(C)C. The molecule has 0 bridgehead atoms. The number of hydrazine groups is 1. The summed E-state index contributed by atoms with van der Waals surface area (Å²) < 4.78 is 5.02. The van der Waals surface area contributed by atoms with Crippen molar-refractivity contribution in [1.29, 1.82) is 0 Å². The first-order valence-electron chi connectivity index (χ1n) is 5.51. The molecule has 0 radical (unpaired) electrons. The van der Waals surface area contributed by atoms with Crippen molar-refractivity contribution in [3.8, 4) is 11.8 Å². The fourth-order valence-corrected chi connectivity index (χ4v) is 0.943. The van der Waals surface area contributed by atoms with Crippen LogP contribution in [0.2, 0.25) is 0 Å². The molecule has 0 atom stereocenters. The third-order valence-electron chi connectivity index (χ3n) is 2.02. The predicted octanol–water partition coefficient (Wildman–Crippen LogP) is 2.29. The maximum Gasteiger partial charge on any atom is 0.424 e. The summed E-state index contributed by atoms with van der Waals surface area (Å²) in [5.74, 6) is 11.4. The lowest BCUT2D eigenvalue weighted by Gasteiger charge is -2.29. The fraction of sp³-hybridized carbons (Fsp3) is 0.750. The minimum atomic E-state index is -0.478. The van der Waals surface area contributed by atoms with Gasteiger partial charge in [-0.05, 0) is 40.5 Å². The Bertz CT molecular complexity index is 271. The molecule has 2 N–H and O–H groups in total. The Morgan fingerprint density at radius 3 is 2.50 bits per heavy atom. The van der Waals surface area contributed by atoms with Gasteiger partial charge in [-0.25, -0.2) is 15.6 Å². The van der Waals surface area contributed by atoms with Gasteiger partial charge in [-0.2, -0.15) is 0 Å². The Morgan fingerprint density at radius 1 is 1.38 bits per heavy atom. The van der Waals surface area contributed by atoms with Crippen LogP contribution in [0.1, 0.15) is 47.0 Å². The first-order chi connectivity index (χ1) is 7.39. The Kier molecular flexibility index (Phi) is 6.59. The maximum atomic E-state index is 11.4. The molecule has 0 saturated carbocycles. The number of unbranched alkanes of at least 4 members (excludes halogenated alkanes) is 2. The van der Waals surface area contributed by atoms with Gasteiger partial charge in [0.15, 0.2) is 0 Å². The van der Waals surface area contributed by atoms with E-state index in [1.165, 1.54) is 0 Å². The zero-order chi connectivity index (χ0) is 12.6. The molecule has 0 spiro atoms. The number of ether oxygens (including phenoxy) is 1. The van der Waals surface area contributed by atoms with Crippen LogP contribution in [0.25, 0.3) is 0 Å². The van der Waals surface area contributed by atoms with Crippen molar-refractivity contribution in [3.05, 3.63) is 0 Å². The number of carbonyl (C=O) groups excluding carboxylic acids is 1. The van der Waals surface area contributed by atoms with Gasteiger partial charge in [0, 0.05) is 6.42 Å². The van der Waals surface area contributed by atoms with Crippen molar-refractivity contribution in [2.45, 2.75) is 52.5 Å². The summed E-state index contributed by atoms with van der Waals surface area (Å²) in [4.78, 5) is 11.4. The van der Waals surface area contributed by atoms with Gasteiger partial charge in [0.1, 0.15) is 0 Å². The molecule has 92 valence electrons. The van der Waals surface area contributed by atoms with E-state index < -0.39 is 11.6 Å². The Hall–Kier alpha value is -1.21. The van der Waals surface area contributed by atoms with Crippen LogP contribution >= 0.6 is 0 Å². The summed E-state index contributed by atoms with van der Waals surface area (Å²) in [6.45, 7) is 7.77. The lowest BCUT2D eigenvalue weighted by atomic mass is 10.1. The molecule has 1 amide bonds. The third-order valence-corrected chi connectivity index (χ3v) is 2.02. The van der Waals surface area contributed by atoms with Crippen LogP contribution in [0, 0.1) is 11.8 Å². The highest BCUT2D eigenvalue weighted by atomic mass is 16.6. The van der Waals surface area contributed by atoms with E-state index in [1.54, 1.807) is 0 Å². The number of amides is 1. The smallest absolute Gasteiger partial charge is 0.424 e. The summed E-state index contributed by atoms with van der Waals surface area (Å²) in [6, 6.07) is 0. The monoisotopic (exact) mass is 226 g/mol. The second-order valence-electron chi connectivity index (χ2n) is 4.54. The van der Waals surface area contributed by atoms with E-state index in [9.17, 15) is 4.79 Å². The zero-order valence-corrected chi connectivity index (χ0v) is 10.7. The van der Waals surface area contributed by atoms with E-state index in [4.69, 9.17) is 10.6 Å². The molecule has 4 nitrogen and oxygen atoms in total. The summed E-state index contributed by atoms with van der Waals surface area (Å²) in [5.41, 5.74) is -0.412. The van der Waals surface area contributed by atoms with Crippen LogP contribution in [0.4, 0.5) is 4.79 Å². The third kappa shape index (κ3) is 6.31. The number of carbonyl (C=O) groups is 1. The van der Waals surface area contributed by atoms with Crippen LogP contribution in [0.5, 0.6) is 0 Å². The van der Waals surface area contributed by atoms with Crippen LogP contribution in [0.3, 0.4) is 0 Å². The lowest BCUT2D eigenvalue weighted by molar-refractivity contribution is 0.0667. The van der Waals surface area contributed by atoms with Gasteiger partial charge in [0.2, 0.25) is 0 Å². The number of hydrogen-bond donors (Lipinski definition) is 1. The molecule has 0 aliphatic carbocycles. The highest BCUT2D eigenvalue weighted by Gasteiger charge is 2.24. The Morgan fingerprint density at radius 2 is 2.00 bits per heavy atom. The van der Waals surface area contributed by atoms with Gasteiger partial charge < -0.3 is 4.74 Å². The van der Waals surface area contributed by atoms with Crippen molar-refractivity contribution < 1.29 is 9.53 Å². The summed E-state index contributed by atoms with van der Waals surface area (Å²) in [6.07, 6.45) is 2.13. The largest absolute Gasteiger partial charge is 0.448 e. The van der Waals surface area contributed by atoms with Gasteiger partial charge in [-0.3, -0.25) is 0 Å². The Balaban J connectivity index is 3.69. The minimum Gasteiger partial charge on any atom is -0.448 e. The van der Waals surface area contributed by atoms with Crippen molar-refractivity contribution in [3.63, 3.8) is 0 Å². The number of hydrogen-bond acceptors (Lipinski definition) is 3. The molecule has 0 rings (SSSR count). The molecular weight excluding hydrogens is 204 g/mol. The average molecular weight is 226 g/mol. The normalized spacial score (nSPS) is 10.3. The summed E-state index contributed by atoms with van der Waals surface area (Å²) in [5, 5.41) is 1.11. The second kappa shape index (κ2) is 7.13. The van der Waals surface area contributed by atoms with Crippen LogP contribution in [0.15, 0.2) is 0 Å². The van der Waals surface area contributed by atoms with Gasteiger partial charge in [-0.1, -0.05) is 0 Å². The van der Waals surface area contributed by atoms with Gasteiger partial charge in [0.25, 0.3) is 0 Å². The molecule has 0 aliphatic rings. The van der Waals surface area contributed by atoms with Crippen molar-refractivity contribution >= 4 is 6.09 Å². The Labute approximate surface area is 98.1 Å². The molecular formula is C12H22N2O2. The van der Waals surface area contributed by atoms with Gasteiger partial charge in [0.05, 0.1) is 12.1 Å². The van der Waals surface area contributed by atoms with Crippen molar-refractivity contribution in [2.24, 2.45) is 5.84 Å². The summed E-state index contributed by atoms with van der Waals surface area (Å²) >= 11 is 0. The van der Waals surface area contributed by atoms with E-state index in [1.807, 2.05) is 27.7 Å². The maximum absolute atomic E-state index is 11.4. The summed E-state index contributed by atoms with van der Waals surface area (Å²) in [7, 11) is 0. The highest BCUT2D eigenvalue weighted by molar-refractivity contribution is 5.67. The number of nitrogens with zero attached hydrogens (tertiary/aromatic N) is 1. The van der Waals surface area contributed by atoms with E-state index in [2.05, 4.69) is 11.8 Å². The molecule has 4 heteroatoms. The zero-order valence-electron chi connectivity index (χ0n) is 10.7. The molecule has 16 heavy (non-hydrogen) atoms. The molecule has 0 aliphatic heterocycles. The first-order valence-corrected chi connectivity index (χ1v) is 5.51. The number of nitrogens with two attached hydrogens (primary N) is 1.